The maximum atomic E-state index is 13.5. The summed E-state index contributed by atoms with van der Waals surface area (Å²) in [6, 6.07) is 9.83. The van der Waals surface area contributed by atoms with Gasteiger partial charge in [0.15, 0.2) is 0 Å². The summed E-state index contributed by atoms with van der Waals surface area (Å²) in [7, 11) is 0. The van der Waals surface area contributed by atoms with E-state index >= 15 is 0 Å². The first-order chi connectivity index (χ1) is 28.0. The highest BCUT2D eigenvalue weighted by molar-refractivity contribution is 5.99. The number of carbonyl (C=O) groups is 6. The first-order valence-corrected chi connectivity index (χ1v) is 21.7. The van der Waals surface area contributed by atoms with Crippen molar-refractivity contribution >= 4 is 35.4 Å². The van der Waals surface area contributed by atoms with Crippen molar-refractivity contribution in [3.05, 3.63) is 59.7 Å². The van der Waals surface area contributed by atoms with Crippen molar-refractivity contribution < 1.29 is 33.5 Å². The van der Waals surface area contributed by atoms with Crippen LogP contribution in [0.1, 0.15) is 141 Å². The molecule has 0 bridgehead atoms. The molecule has 0 saturated carbocycles. The zero-order valence-electron chi connectivity index (χ0n) is 37.2. The number of benzene rings is 2. The summed E-state index contributed by atoms with van der Waals surface area (Å²) in [5.41, 5.74) is 0.656. The quantitative estimate of drug-likeness (QED) is 0.0574. The van der Waals surface area contributed by atoms with E-state index in [1.807, 2.05) is 69.2 Å². The van der Waals surface area contributed by atoms with Crippen LogP contribution in [0.25, 0.3) is 0 Å². The number of hydrogen-bond donors (Lipinski definition) is 6. The molecule has 0 heterocycles. The number of amides is 6. The summed E-state index contributed by atoms with van der Waals surface area (Å²) in [5, 5.41) is 17.4. The molecule has 0 radical (unpaired) electrons. The summed E-state index contributed by atoms with van der Waals surface area (Å²) < 4.78 is 6.00. The van der Waals surface area contributed by atoms with E-state index in [9.17, 15) is 28.8 Å². The van der Waals surface area contributed by atoms with Crippen molar-refractivity contribution in [3.63, 3.8) is 0 Å². The molecule has 2 rings (SSSR count). The zero-order valence-corrected chi connectivity index (χ0v) is 37.2. The second-order valence-corrected chi connectivity index (χ2v) is 16.5. The molecule has 0 saturated heterocycles. The van der Waals surface area contributed by atoms with Crippen LogP contribution >= 0.6 is 0 Å². The lowest BCUT2D eigenvalue weighted by molar-refractivity contribution is -0.131. The largest absolute Gasteiger partial charge is 0.457 e. The lowest BCUT2D eigenvalue weighted by Gasteiger charge is -2.27. The Bertz CT molecular complexity index is 1510. The Morgan fingerprint density at radius 2 is 0.831 bits per heavy atom. The van der Waals surface area contributed by atoms with Gasteiger partial charge in [-0.2, -0.15) is 0 Å². The fourth-order valence-electron chi connectivity index (χ4n) is 6.29. The average molecular weight is 821 g/mol. The Hall–Kier alpha value is -4.94. The van der Waals surface area contributed by atoms with Crippen LogP contribution in [0.15, 0.2) is 48.5 Å². The molecule has 2 aromatic carbocycles. The highest BCUT2D eigenvalue weighted by atomic mass is 16.5. The molecule has 6 amide bonds. The van der Waals surface area contributed by atoms with Gasteiger partial charge in [0.1, 0.15) is 35.7 Å². The molecular weight excluding hydrogens is 749 g/mol. The van der Waals surface area contributed by atoms with Crippen molar-refractivity contribution in [2.75, 3.05) is 13.1 Å². The molecule has 13 nitrogen and oxygen atoms in total. The minimum atomic E-state index is -0.851. The predicted molar refractivity (Wildman–Crippen MR) is 233 cm³/mol. The average Bonchev–Trinajstić information content (AvgIpc) is 3.20. The van der Waals surface area contributed by atoms with E-state index in [1.54, 1.807) is 48.5 Å². The van der Waals surface area contributed by atoms with Crippen molar-refractivity contribution in [1.82, 2.24) is 31.9 Å². The van der Waals surface area contributed by atoms with Crippen LogP contribution in [0.4, 0.5) is 0 Å². The first-order valence-electron chi connectivity index (χ1n) is 21.7. The van der Waals surface area contributed by atoms with Crippen LogP contribution in [-0.4, -0.2) is 72.7 Å². The van der Waals surface area contributed by atoms with Gasteiger partial charge < -0.3 is 36.6 Å². The van der Waals surface area contributed by atoms with Crippen molar-refractivity contribution in [2.24, 2.45) is 23.7 Å². The van der Waals surface area contributed by atoms with Gasteiger partial charge >= 0.3 is 0 Å². The maximum absolute atomic E-state index is 13.5. The Kier molecular flexibility index (Phi) is 22.3. The van der Waals surface area contributed by atoms with Gasteiger partial charge in [0.2, 0.25) is 23.6 Å². The number of rotatable bonds is 26. The van der Waals surface area contributed by atoms with Crippen molar-refractivity contribution in [2.45, 2.75) is 145 Å². The van der Waals surface area contributed by atoms with E-state index in [0.29, 0.717) is 61.4 Å². The Labute approximate surface area is 352 Å². The smallest absolute Gasteiger partial charge is 0.251 e. The van der Waals surface area contributed by atoms with Crippen molar-refractivity contribution in [3.8, 4) is 11.5 Å². The highest BCUT2D eigenvalue weighted by Gasteiger charge is 2.32. The summed E-state index contributed by atoms with van der Waals surface area (Å²) in [6.07, 6.45) is 5.79. The van der Waals surface area contributed by atoms with Gasteiger partial charge in [0, 0.05) is 24.2 Å². The molecule has 0 unspecified atom stereocenters. The number of unbranched alkanes of at least 4 members (excludes halogenated alkanes) is 2. The van der Waals surface area contributed by atoms with Gasteiger partial charge in [-0.25, -0.2) is 0 Å². The topological polar surface area (TPSA) is 184 Å². The second-order valence-electron chi connectivity index (χ2n) is 16.5. The van der Waals surface area contributed by atoms with Crippen LogP contribution in [-0.2, 0) is 19.2 Å². The van der Waals surface area contributed by atoms with E-state index in [1.165, 1.54) is 0 Å². The lowest BCUT2D eigenvalue weighted by atomic mass is 9.96. The van der Waals surface area contributed by atoms with E-state index in [0.717, 1.165) is 25.7 Å². The maximum Gasteiger partial charge on any atom is 0.251 e. The highest BCUT2D eigenvalue weighted by Crippen LogP contribution is 2.23. The van der Waals surface area contributed by atoms with Gasteiger partial charge in [0.05, 0.1) is 0 Å². The third kappa shape index (κ3) is 17.4. The Morgan fingerprint density at radius 1 is 0.492 bits per heavy atom. The fraction of sp³-hybridized carbons (Fsp3) is 0.609. The summed E-state index contributed by atoms with van der Waals surface area (Å²) >= 11 is 0. The molecule has 0 aliphatic heterocycles. The molecule has 6 N–H and O–H groups in total. The molecule has 0 aromatic heterocycles. The first kappa shape index (κ1) is 50.2. The molecule has 0 spiro atoms. The molecule has 328 valence electrons. The number of nitrogens with one attached hydrogen (secondary N) is 6. The zero-order chi connectivity index (χ0) is 44.1. The normalized spacial score (nSPS) is 14.2. The molecule has 0 aliphatic carbocycles. The predicted octanol–water partition coefficient (Wildman–Crippen LogP) is 6.66. The minimum Gasteiger partial charge on any atom is -0.457 e. The molecule has 0 fully saturated rings. The number of carbonyl (C=O) groups excluding carboxylic acids is 6. The third-order valence-corrected chi connectivity index (χ3v) is 10.4. The molecule has 59 heavy (non-hydrogen) atoms. The molecule has 2 aromatic rings. The standard InChI is InChI=1S/C46H72N6O7/c1-11-15-25-47-43(55)37(27-29(5)6)49-45(57)39(31(9)13-3)51-41(53)33-17-21-35(22-18-33)59-36-23-19-34(20-24-36)42(54)52-40(32(10)14-4)46(58)50-38(28-30(7)8)44(56)48-26-16-12-2/h17-24,29-32,37-40H,11-16,25-28H2,1-10H3,(H,47,55)(H,48,56)(H,49,57)(H,50,58)(H,51,53)(H,52,54)/t31-,32-,37-,38-,39-,40-/m0/s1. The van der Waals surface area contributed by atoms with E-state index < -0.39 is 47.8 Å². The van der Waals surface area contributed by atoms with Gasteiger partial charge in [-0.15, -0.1) is 0 Å². The van der Waals surface area contributed by atoms with Crippen LogP contribution in [0, 0.1) is 23.7 Å². The van der Waals surface area contributed by atoms with Gasteiger partial charge in [-0.1, -0.05) is 94.9 Å². The van der Waals surface area contributed by atoms with E-state index in [4.69, 9.17) is 4.74 Å². The Morgan fingerprint density at radius 3 is 1.12 bits per heavy atom. The summed E-state index contributed by atoms with van der Waals surface area (Å²) in [6.45, 7) is 20.8. The van der Waals surface area contributed by atoms with Crippen LogP contribution in [0.5, 0.6) is 11.5 Å². The minimum absolute atomic E-state index is 0.171. The summed E-state index contributed by atoms with van der Waals surface area (Å²) in [5.74, 6) is -1.28. The van der Waals surface area contributed by atoms with Gasteiger partial charge in [0.25, 0.3) is 11.8 Å². The fourth-order valence-corrected chi connectivity index (χ4v) is 6.29. The van der Waals surface area contributed by atoms with Gasteiger partial charge in [-0.3, -0.25) is 28.8 Å². The van der Waals surface area contributed by atoms with Crippen LogP contribution in [0.2, 0.25) is 0 Å². The van der Waals surface area contributed by atoms with Crippen molar-refractivity contribution in [1.29, 1.82) is 0 Å². The molecule has 13 heteroatoms. The molecular formula is C46H72N6O7. The third-order valence-electron chi connectivity index (χ3n) is 10.4. The Balaban J connectivity index is 2.10. The number of hydrogen-bond acceptors (Lipinski definition) is 7. The lowest BCUT2D eigenvalue weighted by Crippen LogP contribution is -2.56. The monoisotopic (exact) mass is 821 g/mol. The SMILES string of the molecule is CCCCNC(=O)[C@H](CC(C)C)NC(=O)[C@@H](NC(=O)c1ccc(Oc2ccc(C(=O)N[C@H](C(=O)N[C@@H](CC(C)C)C(=O)NCCCC)[C@@H](C)CC)cc2)cc1)[C@@H](C)CC. The molecule has 0 aliphatic rings. The van der Waals surface area contributed by atoms with E-state index in [-0.39, 0.29) is 35.5 Å². The van der Waals surface area contributed by atoms with E-state index in [2.05, 4.69) is 31.9 Å². The van der Waals surface area contributed by atoms with Crippen LogP contribution < -0.4 is 36.6 Å². The van der Waals surface area contributed by atoms with Crippen LogP contribution in [0.3, 0.4) is 0 Å². The number of ether oxygens (including phenoxy) is 1. The summed E-state index contributed by atoms with van der Waals surface area (Å²) in [4.78, 5) is 79.7. The second kappa shape index (κ2) is 26.2. The van der Waals surface area contributed by atoms with Gasteiger partial charge in [-0.05, 0) is 97.9 Å². The molecule has 6 atom stereocenters.